The molecular formula is C13H24N2O3. The quantitative estimate of drug-likeness (QED) is 0.688. The Labute approximate surface area is 109 Å². The molecule has 0 radical (unpaired) electrons. The summed E-state index contributed by atoms with van der Waals surface area (Å²) in [6.45, 7) is 8.98. The van der Waals surface area contributed by atoms with E-state index in [0.29, 0.717) is 13.2 Å². The van der Waals surface area contributed by atoms with Crippen molar-refractivity contribution >= 4 is 11.8 Å². The van der Waals surface area contributed by atoms with Crippen LogP contribution in [-0.2, 0) is 14.3 Å². The molecule has 1 rings (SSSR count). The zero-order chi connectivity index (χ0) is 13.7. The molecule has 5 heteroatoms. The molecule has 0 aromatic carbocycles. The van der Waals surface area contributed by atoms with Gasteiger partial charge in [-0.2, -0.15) is 0 Å². The number of nitrogens with zero attached hydrogens (tertiary/aromatic N) is 1. The highest BCUT2D eigenvalue weighted by atomic mass is 16.5. The lowest BCUT2D eigenvalue weighted by atomic mass is 10.2. The Balaban J connectivity index is 2.55. The summed E-state index contributed by atoms with van der Waals surface area (Å²) in [5, 5.41) is 3.17. The van der Waals surface area contributed by atoms with E-state index in [4.69, 9.17) is 4.74 Å². The highest BCUT2D eigenvalue weighted by Gasteiger charge is 2.40. The maximum atomic E-state index is 12.1. The number of rotatable bonds is 7. The minimum Gasteiger partial charge on any atom is -0.380 e. The lowest BCUT2D eigenvalue weighted by Gasteiger charge is -2.22. The second-order valence-electron chi connectivity index (χ2n) is 4.84. The first-order valence-electron chi connectivity index (χ1n) is 6.70. The Morgan fingerprint density at radius 1 is 1.39 bits per heavy atom. The van der Waals surface area contributed by atoms with Gasteiger partial charge in [0, 0.05) is 18.7 Å². The van der Waals surface area contributed by atoms with Crippen LogP contribution in [0.25, 0.3) is 0 Å². The first-order valence-corrected chi connectivity index (χ1v) is 6.70. The molecular weight excluding hydrogens is 232 g/mol. The van der Waals surface area contributed by atoms with E-state index in [1.54, 1.807) is 0 Å². The lowest BCUT2D eigenvalue weighted by molar-refractivity contribution is -0.141. The number of carbonyl (C=O) groups is 2. The fraction of sp³-hybridized carbons (Fsp3) is 0.846. The van der Waals surface area contributed by atoms with Crippen LogP contribution in [0.1, 0.15) is 40.5 Å². The fourth-order valence-electron chi connectivity index (χ4n) is 2.11. The molecule has 1 N–H and O–H groups in total. The molecule has 1 heterocycles. The summed E-state index contributed by atoms with van der Waals surface area (Å²) >= 11 is 0. The molecule has 1 aliphatic heterocycles. The Morgan fingerprint density at radius 2 is 2.06 bits per heavy atom. The first kappa shape index (κ1) is 15.1. The molecule has 5 nitrogen and oxygen atoms in total. The Hall–Kier alpha value is -0.940. The van der Waals surface area contributed by atoms with E-state index in [2.05, 4.69) is 5.32 Å². The summed E-state index contributed by atoms with van der Waals surface area (Å²) in [6, 6.07) is -0.329. The van der Waals surface area contributed by atoms with Crippen molar-refractivity contribution in [3.8, 4) is 0 Å². The zero-order valence-corrected chi connectivity index (χ0v) is 11.7. The van der Waals surface area contributed by atoms with Crippen LogP contribution in [0.5, 0.6) is 0 Å². The van der Waals surface area contributed by atoms with Crippen molar-refractivity contribution < 1.29 is 14.3 Å². The van der Waals surface area contributed by atoms with Crippen LogP contribution >= 0.6 is 0 Å². The molecule has 3 atom stereocenters. The Morgan fingerprint density at radius 3 is 2.61 bits per heavy atom. The van der Waals surface area contributed by atoms with Crippen LogP contribution < -0.4 is 5.32 Å². The van der Waals surface area contributed by atoms with E-state index in [0.717, 1.165) is 6.42 Å². The van der Waals surface area contributed by atoms with Crippen LogP contribution in [-0.4, -0.2) is 48.1 Å². The summed E-state index contributed by atoms with van der Waals surface area (Å²) in [6.07, 6.45) is 1.05. The number of hydrogen-bond donors (Lipinski definition) is 1. The van der Waals surface area contributed by atoms with E-state index in [-0.39, 0.29) is 36.4 Å². The van der Waals surface area contributed by atoms with E-state index in [9.17, 15) is 9.59 Å². The smallest absolute Gasteiger partial charge is 0.247 e. The van der Waals surface area contributed by atoms with Gasteiger partial charge in [-0.05, 0) is 27.2 Å². The highest BCUT2D eigenvalue weighted by Crippen LogP contribution is 2.18. The van der Waals surface area contributed by atoms with Crippen molar-refractivity contribution in [1.82, 2.24) is 10.2 Å². The molecule has 0 bridgehead atoms. The first-order chi connectivity index (χ1) is 8.51. The van der Waals surface area contributed by atoms with Gasteiger partial charge in [0.15, 0.2) is 0 Å². The third-order valence-corrected chi connectivity index (χ3v) is 3.27. The van der Waals surface area contributed by atoms with Gasteiger partial charge in [0.05, 0.1) is 19.1 Å². The standard InChI is InChI=1S/C13H24N2O3/c1-5-10(4)15-12(16)7-11(13(15)17)14-9(3)8-18-6-2/h9-11,14H,5-8H2,1-4H3. The van der Waals surface area contributed by atoms with Crippen molar-refractivity contribution in [2.24, 2.45) is 0 Å². The predicted molar refractivity (Wildman–Crippen MR) is 69.1 cm³/mol. The molecule has 1 saturated heterocycles. The summed E-state index contributed by atoms with van der Waals surface area (Å²) in [5.74, 6) is -0.173. The van der Waals surface area contributed by atoms with E-state index < -0.39 is 0 Å². The number of amides is 2. The average molecular weight is 256 g/mol. The van der Waals surface area contributed by atoms with Crippen LogP contribution in [0, 0.1) is 0 Å². The van der Waals surface area contributed by atoms with Crippen LogP contribution in [0.3, 0.4) is 0 Å². The lowest BCUT2D eigenvalue weighted by Crippen LogP contribution is -2.46. The van der Waals surface area contributed by atoms with Crippen molar-refractivity contribution in [2.45, 2.75) is 58.7 Å². The fourth-order valence-corrected chi connectivity index (χ4v) is 2.11. The molecule has 0 spiro atoms. The monoisotopic (exact) mass is 256 g/mol. The highest BCUT2D eigenvalue weighted by molar-refractivity contribution is 6.05. The summed E-state index contributed by atoms with van der Waals surface area (Å²) < 4.78 is 5.29. The molecule has 0 aliphatic carbocycles. The van der Waals surface area contributed by atoms with Crippen molar-refractivity contribution in [3.63, 3.8) is 0 Å². The number of imide groups is 1. The van der Waals surface area contributed by atoms with E-state index in [1.165, 1.54) is 4.90 Å². The molecule has 0 aromatic rings. The van der Waals surface area contributed by atoms with Crippen molar-refractivity contribution in [3.05, 3.63) is 0 Å². The number of likely N-dealkylation sites (tertiary alicyclic amines) is 1. The molecule has 1 aliphatic rings. The van der Waals surface area contributed by atoms with Gasteiger partial charge < -0.3 is 10.1 Å². The van der Waals surface area contributed by atoms with Gasteiger partial charge in [-0.1, -0.05) is 6.92 Å². The third-order valence-electron chi connectivity index (χ3n) is 3.27. The average Bonchev–Trinajstić information content (AvgIpc) is 2.61. The number of nitrogens with one attached hydrogen (secondary N) is 1. The van der Waals surface area contributed by atoms with Gasteiger partial charge in [-0.15, -0.1) is 0 Å². The minimum absolute atomic E-state index is 0.0148. The zero-order valence-electron chi connectivity index (χ0n) is 11.7. The van der Waals surface area contributed by atoms with Gasteiger partial charge in [-0.3, -0.25) is 14.5 Å². The van der Waals surface area contributed by atoms with E-state index in [1.807, 2.05) is 27.7 Å². The third kappa shape index (κ3) is 3.53. The van der Waals surface area contributed by atoms with Gasteiger partial charge in [0.2, 0.25) is 11.8 Å². The molecule has 104 valence electrons. The Bertz CT molecular complexity index is 307. The molecule has 2 amide bonds. The predicted octanol–water partition coefficient (Wildman–Crippen LogP) is 0.927. The maximum absolute atomic E-state index is 12.1. The maximum Gasteiger partial charge on any atom is 0.247 e. The molecule has 18 heavy (non-hydrogen) atoms. The van der Waals surface area contributed by atoms with Crippen LogP contribution in [0.4, 0.5) is 0 Å². The largest absolute Gasteiger partial charge is 0.380 e. The second kappa shape index (κ2) is 6.85. The van der Waals surface area contributed by atoms with Crippen molar-refractivity contribution in [1.29, 1.82) is 0 Å². The molecule has 3 unspecified atom stereocenters. The minimum atomic E-state index is -0.387. The van der Waals surface area contributed by atoms with E-state index >= 15 is 0 Å². The van der Waals surface area contributed by atoms with Gasteiger partial charge in [-0.25, -0.2) is 0 Å². The van der Waals surface area contributed by atoms with Gasteiger partial charge in [0.1, 0.15) is 0 Å². The normalized spacial score (nSPS) is 23.6. The molecule has 0 saturated carbocycles. The molecule has 0 aromatic heterocycles. The number of ether oxygens (including phenoxy) is 1. The summed E-state index contributed by atoms with van der Waals surface area (Å²) in [7, 11) is 0. The van der Waals surface area contributed by atoms with Gasteiger partial charge in [0.25, 0.3) is 0 Å². The van der Waals surface area contributed by atoms with Crippen LogP contribution in [0.2, 0.25) is 0 Å². The summed E-state index contributed by atoms with van der Waals surface area (Å²) in [5.41, 5.74) is 0. The SMILES string of the molecule is CCOCC(C)NC1CC(=O)N(C(C)CC)C1=O. The van der Waals surface area contributed by atoms with Crippen LogP contribution in [0.15, 0.2) is 0 Å². The number of carbonyl (C=O) groups excluding carboxylic acids is 2. The summed E-state index contributed by atoms with van der Waals surface area (Å²) in [4.78, 5) is 25.3. The second-order valence-corrected chi connectivity index (χ2v) is 4.84. The van der Waals surface area contributed by atoms with Gasteiger partial charge >= 0.3 is 0 Å². The molecule has 1 fully saturated rings. The van der Waals surface area contributed by atoms with Crippen molar-refractivity contribution in [2.75, 3.05) is 13.2 Å². The Kier molecular flexibility index (Phi) is 5.75. The number of hydrogen-bond acceptors (Lipinski definition) is 4. The topological polar surface area (TPSA) is 58.6 Å².